The molecule has 7 nitrogen and oxygen atoms in total. The second-order valence-electron chi connectivity index (χ2n) is 8.62. The monoisotopic (exact) mass is 465 g/mol. The molecule has 1 saturated carbocycles. The van der Waals surface area contributed by atoms with Crippen LogP contribution in [-0.4, -0.2) is 69.8 Å². The van der Waals surface area contributed by atoms with Crippen molar-refractivity contribution in [1.29, 1.82) is 0 Å². The fraction of sp³-hybridized carbons (Fsp3) is 0.591. The predicted molar refractivity (Wildman–Crippen MR) is 121 cm³/mol. The Kier molecular flexibility index (Phi) is 7.30. The molecule has 32 heavy (non-hydrogen) atoms. The number of nitrogens with one attached hydrogen (secondary N) is 3. The zero-order valence-electron chi connectivity index (χ0n) is 18.1. The Morgan fingerprint density at radius 2 is 1.91 bits per heavy atom. The summed E-state index contributed by atoms with van der Waals surface area (Å²) >= 11 is 2.00. The highest BCUT2D eigenvalue weighted by Gasteiger charge is 2.32. The van der Waals surface area contributed by atoms with Gasteiger partial charge >= 0.3 is 0 Å². The molecule has 2 aliphatic carbocycles. The summed E-state index contributed by atoms with van der Waals surface area (Å²) in [6, 6.07) is 0.624. The second kappa shape index (κ2) is 10.2. The maximum absolute atomic E-state index is 14.4. The van der Waals surface area contributed by atoms with Crippen LogP contribution in [0.3, 0.4) is 0 Å². The van der Waals surface area contributed by atoms with Crippen molar-refractivity contribution in [1.82, 2.24) is 20.4 Å². The van der Waals surface area contributed by atoms with Gasteiger partial charge in [0.05, 0.1) is 17.5 Å². The molecule has 1 aromatic rings. The van der Waals surface area contributed by atoms with Crippen LogP contribution in [0, 0.1) is 5.92 Å². The van der Waals surface area contributed by atoms with E-state index < -0.39 is 35.3 Å². The second-order valence-corrected chi connectivity index (χ2v) is 9.85. The van der Waals surface area contributed by atoms with Crippen molar-refractivity contribution < 1.29 is 18.4 Å². The third-order valence-corrected chi connectivity index (χ3v) is 7.44. The number of anilines is 1. The van der Waals surface area contributed by atoms with E-state index in [4.69, 9.17) is 0 Å². The van der Waals surface area contributed by atoms with Crippen LogP contribution in [0.4, 0.5) is 14.5 Å². The fourth-order valence-corrected chi connectivity index (χ4v) is 5.51. The summed E-state index contributed by atoms with van der Waals surface area (Å²) in [5, 5.41) is 11.9. The topological polar surface area (TPSA) is 90.1 Å². The molecule has 1 aliphatic heterocycles. The lowest BCUT2D eigenvalue weighted by atomic mass is 9.90. The predicted octanol–water partition coefficient (Wildman–Crippen LogP) is 3.21. The third-order valence-electron chi connectivity index (χ3n) is 6.49. The highest BCUT2D eigenvalue weighted by atomic mass is 32.2. The minimum absolute atomic E-state index is 0.0458. The molecule has 2 fully saturated rings. The van der Waals surface area contributed by atoms with E-state index in [1.807, 2.05) is 11.8 Å². The van der Waals surface area contributed by atoms with E-state index in [0.29, 0.717) is 6.04 Å². The number of hydrogen-bond acceptors (Lipinski definition) is 5. The van der Waals surface area contributed by atoms with Gasteiger partial charge in [0, 0.05) is 42.6 Å². The number of alkyl halides is 1. The van der Waals surface area contributed by atoms with Gasteiger partial charge in [-0.1, -0.05) is 13.0 Å². The normalized spacial score (nSPS) is 29.1. The van der Waals surface area contributed by atoms with Crippen molar-refractivity contribution in [3.8, 4) is 0 Å². The molecular formula is C22H29F2N5O2S. The number of H-pyrrole nitrogens is 1. The Morgan fingerprint density at radius 3 is 2.62 bits per heavy atom. The molecule has 2 atom stereocenters. The van der Waals surface area contributed by atoms with E-state index in [0.717, 1.165) is 44.8 Å². The summed E-state index contributed by atoms with van der Waals surface area (Å²) in [5.74, 6) is -0.456. The van der Waals surface area contributed by atoms with Gasteiger partial charge in [-0.15, -0.1) is 0 Å². The number of nitrogens with zero attached hydrogens (tertiary/aromatic N) is 2. The molecule has 1 aromatic heterocycles. The molecule has 0 aromatic carbocycles. The lowest BCUT2D eigenvalue weighted by molar-refractivity contribution is -0.113. The number of rotatable bonds is 5. The van der Waals surface area contributed by atoms with Crippen LogP contribution in [0.25, 0.3) is 0 Å². The van der Waals surface area contributed by atoms with E-state index in [1.54, 1.807) is 6.92 Å². The molecule has 2 amide bonds. The van der Waals surface area contributed by atoms with Crippen LogP contribution in [0.1, 0.15) is 43.1 Å². The van der Waals surface area contributed by atoms with E-state index in [1.165, 1.54) is 23.8 Å². The minimum atomic E-state index is -1.75. The molecule has 174 valence electrons. The Labute approximate surface area is 190 Å². The Morgan fingerprint density at radius 1 is 1.19 bits per heavy atom. The quantitative estimate of drug-likeness (QED) is 0.621. The van der Waals surface area contributed by atoms with Crippen molar-refractivity contribution in [2.45, 2.75) is 50.9 Å². The van der Waals surface area contributed by atoms with Crippen LogP contribution in [0.15, 0.2) is 29.7 Å². The first-order valence-corrected chi connectivity index (χ1v) is 12.3. The Balaban J connectivity index is 1.34. The highest BCUT2D eigenvalue weighted by molar-refractivity contribution is 7.99. The van der Waals surface area contributed by atoms with Gasteiger partial charge in [0.25, 0.3) is 11.8 Å². The third kappa shape index (κ3) is 5.06. The van der Waals surface area contributed by atoms with Crippen molar-refractivity contribution in [3.63, 3.8) is 0 Å². The number of carbonyl (C=O) groups excluding carboxylic acids is 2. The van der Waals surface area contributed by atoms with Crippen LogP contribution in [-0.2, 0) is 4.79 Å². The number of amides is 2. The van der Waals surface area contributed by atoms with Crippen LogP contribution in [0.2, 0.25) is 0 Å². The maximum Gasteiger partial charge on any atom is 0.271 e. The molecule has 0 spiro atoms. The van der Waals surface area contributed by atoms with Gasteiger partial charge < -0.3 is 10.6 Å². The van der Waals surface area contributed by atoms with Gasteiger partial charge in [-0.3, -0.25) is 19.6 Å². The molecule has 10 heteroatoms. The number of hydrogen-bond donors (Lipinski definition) is 3. The van der Waals surface area contributed by atoms with Crippen LogP contribution >= 0.6 is 11.8 Å². The molecule has 2 heterocycles. The molecule has 4 rings (SSSR count). The molecule has 0 radical (unpaired) electrons. The summed E-state index contributed by atoms with van der Waals surface area (Å²) in [6.07, 6.45) is 5.86. The fourth-order valence-electron chi connectivity index (χ4n) is 4.58. The largest absolute Gasteiger partial charge is 0.348 e. The number of thioether (sulfide) groups is 1. The average Bonchev–Trinajstić information content (AvgIpc) is 3.26. The van der Waals surface area contributed by atoms with Gasteiger partial charge in [-0.25, -0.2) is 8.78 Å². The Hall–Kier alpha value is -2.20. The minimum Gasteiger partial charge on any atom is -0.348 e. The summed E-state index contributed by atoms with van der Waals surface area (Å²) in [7, 11) is 0. The number of halogens is 2. The first-order valence-electron chi connectivity index (χ1n) is 11.1. The summed E-state index contributed by atoms with van der Waals surface area (Å²) < 4.78 is 28.5. The Bertz CT molecular complexity index is 904. The van der Waals surface area contributed by atoms with Crippen molar-refractivity contribution in [3.05, 3.63) is 35.4 Å². The smallest absolute Gasteiger partial charge is 0.271 e. The van der Waals surface area contributed by atoms with E-state index in [2.05, 4.69) is 25.7 Å². The summed E-state index contributed by atoms with van der Waals surface area (Å²) in [4.78, 5) is 27.9. The van der Waals surface area contributed by atoms with E-state index in [-0.39, 0.29) is 17.4 Å². The van der Waals surface area contributed by atoms with Gasteiger partial charge in [-0.2, -0.15) is 16.9 Å². The van der Waals surface area contributed by atoms with Crippen LogP contribution < -0.4 is 10.6 Å². The van der Waals surface area contributed by atoms with E-state index >= 15 is 0 Å². The molecular weight excluding hydrogens is 436 g/mol. The van der Waals surface area contributed by atoms with Gasteiger partial charge in [0.2, 0.25) is 0 Å². The first-order chi connectivity index (χ1) is 15.4. The molecule has 3 aliphatic rings. The number of aromatic nitrogens is 2. The van der Waals surface area contributed by atoms with Crippen LogP contribution in [0.5, 0.6) is 0 Å². The lowest BCUT2D eigenvalue weighted by Gasteiger charge is -2.38. The average molecular weight is 466 g/mol. The number of allylic oxidation sites excluding steroid dienone is 3. The highest BCUT2D eigenvalue weighted by Crippen LogP contribution is 2.29. The SMILES string of the molecule is CC1C=CC(F)=C(C(=O)Nc2cn[nH]c2C(=O)NC2CCC(N3CCSCC3)CC2)C1F. The standard InChI is InChI=1S/C22H29F2N5O2S/c1-13-2-7-16(23)18(19(13)24)21(30)27-17-12-25-28-20(17)22(31)26-14-3-5-15(6-4-14)29-8-10-32-11-9-29/h2,7,12-15,19H,3-6,8-11H2,1H3,(H,25,28)(H,26,31)(H,27,30). The van der Waals surface area contributed by atoms with Gasteiger partial charge in [-0.05, 0) is 31.8 Å². The van der Waals surface area contributed by atoms with Crippen molar-refractivity contribution >= 4 is 29.3 Å². The maximum atomic E-state index is 14.4. The van der Waals surface area contributed by atoms with Crippen molar-refractivity contribution in [2.24, 2.45) is 5.92 Å². The lowest BCUT2D eigenvalue weighted by Crippen LogP contribution is -2.46. The zero-order chi connectivity index (χ0) is 22.7. The van der Waals surface area contributed by atoms with Crippen molar-refractivity contribution in [2.75, 3.05) is 29.9 Å². The number of aromatic amines is 1. The summed E-state index contributed by atoms with van der Waals surface area (Å²) in [5.41, 5.74) is -0.395. The first kappa shape index (κ1) is 23.0. The van der Waals surface area contributed by atoms with Gasteiger partial charge in [0.15, 0.2) is 0 Å². The van der Waals surface area contributed by atoms with Gasteiger partial charge in [0.1, 0.15) is 17.7 Å². The number of carbonyl (C=O) groups is 2. The zero-order valence-corrected chi connectivity index (χ0v) is 18.9. The molecule has 1 saturated heterocycles. The molecule has 0 bridgehead atoms. The summed E-state index contributed by atoms with van der Waals surface area (Å²) in [6.45, 7) is 3.83. The van der Waals surface area contributed by atoms with E-state index in [9.17, 15) is 18.4 Å². The molecule has 2 unspecified atom stereocenters. The molecule has 3 N–H and O–H groups in total.